The molecule has 1 aliphatic heterocycles. The molecule has 1 heterocycles. The third-order valence-electron chi connectivity index (χ3n) is 2.99. The molecule has 1 saturated heterocycles. The lowest BCUT2D eigenvalue weighted by Gasteiger charge is -2.38. The number of morpholine rings is 1. The third kappa shape index (κ3) is 2.66. The Bertz CT molecular complexity index is 438. The Morgan fingerprint density at radius 3 is 3.00 bits per heavy atom. The van der Waals surface area contributed by atoms with E-state index in [1.54, 1.807) is 18.2 Å². The van der Waals surface area contributed by atoms with Gasteiger partial charge in [-0.25, -0.2) is 0 Å². The van der Waals surface area contributed by atoms with Crippen LogP contribution in [-0.4, -0.2) is 43.3 Å². The number of halogens is 1. The molecule has 2 unspecified atom stereocenters. The molecular formula is C13H16ClNO3. The SMILES string of the molecule is CC1CN(c2c(Cl)cccc2C=O)CC(CO)O1. The van der Waals surface area contributed by atoms with E-state index in [0.29, 0.717) is 23.7 Å². The van der Waals surface area contributed by atoms with E-state index >= 15 is 0 Å². The standard InChI is InChI=1S/C13H16ClNO3/c1-9-5-15(6-11(8-17)18-9)13-10(7-16)3-2-4-12(13)14/h2-4,7,9,11,17H,5-6,8H2,1H3. The Kier molecular flexibility index (Phi) is 4.22. The summed E-state index contributed by atoms with van der Waals surface area (Å²) in [5.74, 6) is 0. The van der Waals surface area contributed by atoms with Gasteiger partial charge in [-0.15, -0.1) is 0 Å². The maximum absolute atomic E-state index is 11.1. The topological polar surface area (TPSA) is 49.8 Å². The molecule has 1 fully saturated rings. The fraction of sp³-hybridized carbons (Fsp3) is 0.462. The third-order valence-corrected chi connectivity index (χ3v) is 3.30. The van der Waals surface area contributed by atoms with Gasteiger partial charge in [0, 0.05) is 18.7 Å². The number of anilines is 1. The van der Waals surface area contributed by atoms with Crippen molar-refractivity contribution in [2.45, 2.75) is 19.1 Å². The highest BCUT2D eigenvalue weighted by Crippen LogP contribution is 2.31. The molecule has 2 atom stereocenters. The Labute approximate surface area is 111 Å². The number of benzene rings is 1. The molecular weight excluding hydrogens is 254 g/mol. The van der Waals surface area contributed by atoms with E-state index in [4.69, 9.17) is 16.3 Å². The molecule has 0 amide bonds. The molecule has 0 spiro atoms. The van der Waals surface area contributed by atoms with E-state index < -0.39 is 0 Å². The predicted octanol–water partition coefficient (Wildman–Crippen LogP) is 1.74. The summed E-state index contributed by atoms with van der Waals surface area (Å²) in [4.78, 5) is 13.1. The average Bonchev–Trinajstić information content (AvgIpc) is 2.37. The van der Waals surface area contributed by atoms with Crippen LogP contribution in [0.2, 0.25) is 5.02 Å². The van der Waals surface area contributed by atoms with Crippen LogP contribution in [0.15, 0.2) is 18.2 Å². The number of aldehydes is 1. The number of hydrogen-bond donors (Lipinski definition) is 1. The van der Waals surface area contributed by atoms with Gasteiger partial charge < -0.3 is 14.7 Å². The Morgan fingerprint density at radius 2 is 2.33 bits per heavy atom. The van der Waals surface area contributed by atoms with Crippen LogP contribution in [0, 0.1) is 0 Å². The molecule has 0 aliphatic carbocycles. The van der Waals surface area contributed by atoms with E-state index in [-0.39, 0.29) is 18.8 Å². The maximum atomic E-state index is 11.1. The van der Waals surface area contributed by atoms with Crippen molar-refractivity contribution >= 4 is 23.6 Å². The van der Waals surface area contributed by atoms with Crippen LogP contribution >= 0.6 is 11.6 Å². The van der Waals surface area contributed by atoms with Gasteiger partial charge in [-0.05, 0) is 19.1 Å². The molecule has 2 rings (SSSR count). The number of carbonyl (C=O) groups excluding carboxylic acids is 1. The van der Waals surface area contributed by atoms with Crippen molar-refractivity contribution in [2.24, 2.45) is 0 Å². The number of aliphatic hydroxyl groups excluding tert-OH is 1. The summed E-state index contributed by atoms with van der Waals surface area (Å²) in [5.41, 5.74) is 1.29. The number of ether oxygens (including phenoxy) is 1. The highest BCUT2D eigenvalue weighted by atomic mass is 35.5. The van der Waals surface area contributed by atoms with Gasteiger partial charge in [-0.2, -0.15) is 0 Å². The summed E-state index contributed by atoms with van der Waals surface area (Å²) in [6, 6.07) is 5.25. The summed E-state index contributed by atoms with van der Waals surface area (Å²) in [7, 11) is 0. The van der Waals surface area contributed by atoms with Crippen molar-refractivity contribution in [2.75, 3.05) is 24.6 Å². The number of rotatable bonds is 3. The van der Waals surface area contributed by atoms with E-state index in [9.17, 15) is 9.90 Å². The summed E-state index contributed by atoms with van der Waals surface area (Å²) < 4.78 is 5.58. The van der Waals surface area contributed by atoms with Crippen LogP contribution in [0.4, 0.5) is 5.69 Å². The first-order valence-corrected chi connectivity index (χ1v) is 6.28. The first-order chi connectivity index (χ1) is 8.65. The Hall–Kier alpha value is -1.10. The van der Waals surface area contributed by atoms with Crippen LogP contribution in [0.1, 0.15) is 17.3 Å². The molecule has 4 nitrogen and oxygen atoms in total. The monoisotopic (exact) mass is 269 g/mol. The van der Waals surface area contributed by atoms with Crippen molar-refractivity contribution in [3.8, 4) is 0 Å². The lowest BCUT2D eigenvalue weighted by atomic mass is 10.1. The first kappa shape index (κ1) is 13.3. The minimum atomic E-state index is -0.246. The van der Waals surface area contributed by atoms with Gasteiger partial charge in [0.15, 0.2) is 6.29 Å². The van der Waals surface area contributed by atoms with Crippen LogP contribution < -0.4 is 4.90 Å². The molecule has 0 bridgehead atoms. The zero-order valence-electron chi connectivity index (χ0n) is 10.2. The van der Waals surface area contributed by atoms with Gasteiger partial charge in [0.25, 0.3) is 0 Å². The van der Waals surface area contributed by atoms with Crippen LogP contribution in [0.5, 0.6) is 0 Å². The smallest absolute Gasteiger partial charge is 0.152 e. The largest absolute Gasteiger partial charge is 0.394 e. The van der Waals surface area contributed by atoms with Gasteiger partial charge in [-0.1, -0.05) is 17.7 Å². The second-order valence-electron chi connectivity index (χ2n) is 4.45. The molecule has 18 heavy (non-hydrogen) atoms. The van der Waals surface area contributed by atoms with E-state index in [1.807, 2.05) is 11.8 Å². The molecule has 0 aromatic heterocycles. The first-order valence-electron chi connectivity index (χ1n) is 5.90. The van der Waals surface area contributed by atoms with Crippen LogP contribution in [0.25, 0.3) is 0 Å². The summed E-state index contributed by atoms with van der Waals surface area (Å²) >= 11 is 6.18. The summed E-state index contributed by atoms with van der Waals surface area (Å²) in [5, 5.41) is 9.76. The molecule has 1 N–H and O–H groups in total. The second-order valence-corrected chi connectivity index (χ2v) is 4.86. The van der Waals surface area contributed by atoms with Gasteiger partial charge >= 0.3 is 0 Å². The van der Waals surface area contributed by atoms with Crippen molar-refractivity contribution in [3.05, 3.63) is 28.8 Å². The fourth-order valence-corrected chi connectivity index (χ4v) is 2.59. The van der Waals surface area contributed by atoms with Crippen LogP contribution in [-0.2, 0) is 4.74 Å². The lowest BCUT2D eigenvalue weighted by molar-refractivity contribution is -0.0421. The Balaban J connectivity index is 2.32. The zero-order chi connectivity index (χ0) is 13.1. The molecule has 1 aromatic carbocycles. The van der Waals surface area contributed by atoms with Gasteiger partial charge in [0.1, 0.15) is 0 Å². The highest BCUT2D eigenvalue weighted by Gasteiger charge is 2.27. The summed E-state index contributed by atoms with van der Waals surface area (Å²) in [6.45, 7) is 3.08. The van der Waals surface area contributed by atoms with Crippen molar-refractivity contribution in [1.82, 2.24) is 0 Å². The molecule has 0 radical (unpaired) electrons. The summed E-state index contributed by atoms with van der Waals surface area (Å²) in [6.07, 6.45) is 0.547. The van der Waals surface area contributed by atoms with Crippen molar-refractivity contribution in [1.29, 1.82) is 0 Å². The average molecular weight is 270 g/mol. The number of carbonyl (C=O) groups is 1. The quantitative estimate of drug-likeness (QED) is 0.850. The fourth-order valence-electron chi connectivity index (χ4n) is 2.29. The minimum absolute atomic E-state index is 0.00771. The van der Waals surface area contributed by atoms with Crippen LogP contribution in [0.3, 0.4) is 0 Å². The number of nitrogens with zero attached hydrogens (tertiary/aromatic N) is 1. The number of hydrogen-bond acceptors (Lipinski definition) is 4. The molecule has 0 saturated carbocycles. The second kappa shape index (κ2) is 5.69. The van der Waals surface area contributed by atoms with Gasteiger partial charge in [0.05, 0.1) is 29.5 Å². The van der Waals surface area contributed by atoms with Gasteiger partial charge in [-0.3, -0.25) is 4.79 Å². The molecule has 1 aromatic rings. The zero-order valence-corrected chi connectivity index (χ0v) is 10.9. The molecule has 98 valence electrons. The molecule has 1 aliphatic rings. The van der Waals surface area contributed by atoms with E-state index in [1.165, 1.54) is 0 Å². The van der Waals surface area contributed by atoms with Gasteiger partial charge in [0.2, 0.25) is 0 Å². The predicted molar refractivity (Wildman–Crippen MR) is 70.5 cm³/mol. The van der Waals surface area contributed by atoms with Crippen molar-refractivity contribution < 1.29 is 14.6 Å². The minimum Gasteiger partial charge on any atom is -0.394 e. The Morgan fingerprint density at radius 1 is 1.56 bits per heavy atom. The van der Waals surface area contributed by atoms with E-state index in [0.717, 1.165) is 12.0 Å². The van der Waals surface area contributed by atoms with Crippen molar-refractivity contribution in [3.63, 3.8) is 0 Å². The lowest BCUT2D eigenvalue weighted by Crippen LogP contribution is -2.48. The maximum Gasteiger partial charge on any atom is 0.152 e. The normalized spacial score (nSPS) is 24.1. The number of aliphatic hydroxyl groups is 1. The highest BCUT2D eigenvalue weighted by molar-refractivity contribution is 6.33. The molecule has 5 heteroatoms. The number of para-hydroxylation sites is 1. The van der Waals surface area contributed by atoms with E-state index in [2.05, 4.69) is 0 Å².